The van der Waals surface area contributed by atoms with Gasteiger partial charge in [0.25, 0.3) is 0 Å². The van der Waals surface area contributed by atoms with Crippen LogP contribution in [0.3, 0.4) is 0 Å². The van der Waals surface area contributed by atoms with Gasteiger partial charge >= 0.3 is 5.97 Å². The maximum Gasteiger partial charge on any atom is 0.308 e. The molecule has 0 unspecified atom stereocenters. The van der Waals surface area contributed by atoms with E-state index in [1.54, 1.807) is 0 Å². The fourth-order valence-corrected chi connectivity index (χ4v) is 1.56. The SMILES string of the molecule is CC(C)C(=O)OCc1cccc(I)c1. The molecule has 0 N–H and O–H groups in total. The van der Waals surface area contributed by atoms with E-state index in [0.29, 0.717) is 6.61 Å². The van der Waals surface area contributed by atoms with Crippen LogP contribution < -0.4 is 0 Å². The number of hydrogen-bond acceptors (Lipinski definition) is 2. The zero-order chi connectivity index (χ0) is 10.6. The lowest BCUT2D eigenvalue weighted by Gasteiger charge is -2.06. The van der Waals surface area contributed by atoms with Gasteiger partial charge in [-0.15, -0.1) is 0 Å². The molecule has 0 aromatic heterocycles. The van der Waals surface area contributed by atoms with E-state index in [-0.39, 0.29) is 11.9 Å². The second-order valence-corrected chi connectivity index (χ2v) is 4.64. The van der Waals surface area contributed by atoms with Gasteiger partial charge in [0, 0.05) is 3.57 Å². The molecule has 3 heteroatoms. The van der Waals surface area contributed by atoms with Crippen LogP contribution in [-0.2, 0) is 16.1 Å². The summed E-state index contributed by atoms with van der Waals surface area (Å²) >= 11 is 2.24. The van der Waals surface area contributed by atoms with Crippen molar-refractivity contribution in [3.63, 3.8) is 0 Å². The van der Waals surface area contributed by atoms with Crippen molar-refractivity contribution in [3.8, 4) is 0 Å². The molecule has 0 aliphatic rings. The fourth-order valence-electron chi connectivity index (χ4n) is 0.948. The van der Waals surface area contributed by atoms with Crippen LogP contribution in [0.4, 0.5) is 0 Å². The molecule has 0 spiro atoms. The molecule has 0 radical (unpaired) electrons. The Balaban J connectivity index is 2.50. The molecule has 0 saturated carbocycles. The Morgan fingerprint density at radius 3 is 2.79 bits per heavy atom. The van der Waals surface area contributed by atoms with Crippen molar-refractivity contribution in [2.45, 2.75) is 20.5 Å². The van der Waals surface area contributed by atoms with Gasteiger partial charge in [0.2, 0.25) is 0 Å². The summed E-state index contributed by atoms with van der Waals surface area (Å²) in [6, 6.07) is 7.93. The first-order valence-corrected chi connectivity index (χ1v) is 5.58. The Morgan fingerprint density at radius 2 is 2.21 bits per heavy atom. The third-order valence-electron chi connectivity index (χ3n) is 1.74. The average molecular weight is 304 g/mol. The summed E-state index contributed by atoms with van der Waals surface area (Å²) in [5, 5.41) is 0. The van der Waals surface area contributed by atoms with E-state index in [1.807, 2.05) is 38.1 Å². The normalized spacial score (nSPS) is 10.3. The minimum Gasteiger partial charge on any atom is -0.461 e. The third kappa shape index (κ3) is 3.65. The highest BCUT2D eigenvalue weighted by Gasteiger charge is 2.07. The summed E-state index contributed by atoms with van der Waals surface area (Å²) in [5.41, 5.74) is 1.03. The van der Waals surface area contributed by atoms with Crippen molar-refractivity contribution in [1.82, 2.24) is 0 Å². The van der Waals surface area contributed by atoms with E-state index >= 15 is 0 Å². The first-order chi connectivity index (χ1) is 6.59. The van der Waals surface area contributed by atoms with Crippen LogP contribution in [-0.4, -0.2) is 5.97 Å². The van der Waals surface area contributed by atoms with Crippen LogP contribution in [0, 0.1) is 9.49 Å². The molecule has 0 amide bonds. The van der Waals surface area contributed by atoms with E-state index in [0.717, 1.165) is 9.13 Å². The number of carbonyl (C=O) groups is 1. The average Bonchev–Trinajstić information content (AvgIpc) is 2.14. The molecule has 0 aliphatic carbocycles. The molecule has 0 heterocycles. The predicted octanol–water partition coefficient (Wildman–Crippen LogP) is 2.99. The van der Waals surface area contributed by atoms with Crippen LogP contribution in [0.2, 0.25) is 0 Å². The topological polar surface area (TPSA) is 26.3 Å². The minimum absolute atomic E-state index is 0.0576. The lowest BCUT2D eigenvalue weighted by molar-refractivity contribution is -0.148. The Morgan fingerprint density at radius 1 is 1.50 bits per heavy atom. The van der Waals surface area contributed by atoms with Crippen LogP contribution >= 0.6 is 22.6 Å². The van der Waals surface area contributed by atoms with E-state index in [4.69, 9.17) is 4.74 Å². The first-order valence-electron chi connectivity index (χ1n) is 4.50. The van der Waals surface area contributed by atoms with Gasteiger partial charge in [0.15, 0.2) is 0 Å². The number of esters is 1. The molecule has 1 aromatic carbocycles. The van der Waals surface area contributed by atoms with Crippen molar-refractivity contribution in [2.24, 2.45) is 5.92 Å². The van der Waals surface area contributed by atoms with Crippen LogP contribution in [0.1, 0.15) is 19.4 Å². The quantitative estimate of drug-likeness (QED) is 0.634. The Bertz CT molecular complexity index is 321. The molecular formula is C11H13IO2. The van der Waals surface area contributed by atoms with E-state index in [9.17, 15) is 4.79 Å². The highest BCUT2D eigenvalue weighted by molar-refractivity contribution is 14.1. The maximum atomic E-state index is 11.2. The van der Waals surface area contributed by atoms with Crippen LogP contribution in [0.25, 0.3) is 0 Å². The summed E-state index contributed by atoms with van der Waals surface area (Å²) in [6.07, 6.45) is 0. The Hall–Kier alpha value is -0.580. The van der Waals surface area contributed by atoms with Crippen LogP contribution in [0.15, 0.2) is 24.3 Å². The summed E-state index contributed by atoms with van der Waals surface area (Å²) in [6.45, 7) is 4.03. The number of rotatable bonds is 3. The van der Waals surface area contributed by atoms with Gasteiger partial charge in [-0.25, -0.2) is 0 Å². The molecule has 0 atom stereocenters. The number of hydrogen-bond donors (Lipinski definition) is 0. The van der Waals surface area contributed by atoms with E-state index in [2.05, 4.69) is 22.6 Å². The molecule has 14 heavy (non-hydrogen) atoms. The molecule has 76 valence electrons. The predicted molar refractivity (Wildman–Crippen MR) is 63.8 cm³/mol. The second-order valence-electron chi connectivity index (χ2n) is 3.39. The fraction of sp³-hybridized carbons (Fsp3) is 0.364. The third-order valence-corrected chi connectivity index (χ3v) is 2.41. The van der Waals surface area contributed by atoms with Gasteiger partial charge in [-0.3, -0.25) is 4.79 Å². The molecule has 1 aromatic rings. The van der Waals surface area contributed by atoms with E-state index in [1.165, 1.54) is 0 Å². The van der Waals surface area contributed by atoms with E-state index < -0.39 is 0 Å². The van der Waals surface area contributed by atoms with Crippen molar-refractivity contribution >= 4 is 28.6 Å². The standard InChI is InChI=1S/C11H13IO2/c1-8(2)11(13)14-7-9-4-3-5-10(12)6-9/h3-6,8H,7H2,1-2H3. The molecule has 1 rings (SSSR count). The first kappa shape index (κ1) is 11.5. The number of ether oxygens (including phenoxy) is 1. The summed E-state index contributed by atoms with van der Waals surface area (Å²) in [5.74, 6) is -0.207. The zero-order valence-corrected chi connectivity index (χ0v) is 10.4. The molecular weight excluding hydrogens is 291 g/mol. The number of carbonyl (C=O) groups excluding carboxylic acids is 1. The number of benzene rings is 1. The van der Waals surface area contributed by atoms with Crippen molar-refractivity contribution in [2.75, 3.05) is 0 Å². The lowest BCUT2D eigenvalue weighted by atomic mass is 10.2. The van der Waals surface area contributed by atoms with Crippen molar-refractivity contribution in [3.05, 3.63) is 33.4 Å². The van der Waals surface area contributed by atoms with Gasteiger partial charge in [0.1, 0.15) is 6.61 Å². The number of halogens is 1. The molecule has 0 saturated heterocycles. The smallest absolute Gasteiger partial charge is 0.308 e. The van der Waals surface area contributed by atoms with Crippen molar-refractivity contribution in [1.29, 1.82) is 0 Å². The largest absolute Gasteiger partial charge is 0.461 e. The Kier molecular flexibility index (Phi) is 4.38. The van der Waals surface area contributed by atoms with Crippen LogP contribution in [0.5, 0.6) is 0 Å². The summed E-state index contributed by atoms with van der Waals surface area (Å²) < 4.78 is 6.26. The second kappa shape index (κ2) is 5.34. The van der Waals surface area contributed by atoms with Gasteiger partial charge in [0.05, 0.1) is 5.92 Å². The molecule has 0 bridgehead atoms. The monoisotopic (exact) mass is 304 g/mol. The molecule has 2 nitrogen and oxygen atoms in total. The van der Waals surface area contributed by atoms with Gasteiger partial charge in [-0.1, -0.05) is 26.0 Å². The Labute approximate surface area is 97.8 Å². The highest BCUT2D eigenvalue weighted by Crippen LogP contribution is 2.09. The van der Waals surface area contributed by atoms with Gasteiger partial charge in [-0.05, 0) is 40.3 Å². The molecule has 0 aliphatic heterocycles. The van der Waals surface area contributed by atoms with Gasteiger partial charge in [-0.2, -0.15) is 0 Å². The highest BCUT2D eigenvalue weighted by atomic mass is 127. The van der Waals surface area contributed by atoms with Crippen molar-refractivity contribution < 1.29 is 9.53 Å². The minimum atomic E-state index is -0.149. The summed E-state index contributed by atoms with van der Waals surface area (Å²) in [7, 11) is 0. The zero-order valence-electron chi connectivity index (χ0n) is 8.29. The lowest BCUT2D eigenvalue weighted by Crippen LogP contribution is -2.11. The maximum absolute atomic E-state index is 11.2. The molecule has 0 fully saturated rings. The summed E-state index contributed by atoms with van der Waals surface area (Å²) in [4.78, 5) is 11.2. The van der Waals surface area contributed by atoms with Gasteiger partial charge < -0.3 is 4.74 Å².